The maximum Gasteiger partial charge on any atom is 0.297 e. The van der Waals surface area contributed by atoms with E-state index in [0.29, 0.717) is 17.6 Å². The Morgan fingerprint density at radius 1 is 1.29 bits per heavy atom. The second-order valence-electron chi connectivity index (χ2n) is 5.79. The minimum Gasteiger partial charge on any atom is -0.473 e. The minimum absolute atomic E-state index is 0.0493. The largest absolute Gasteiger partial charge is 0.473 e. The Bertz CT molecular complexity index is 726. The lowest BCUT2D eigenvalue weighted by Gasteiger charge is -2.32. The highest BCUT2D eigenvalue weighted by Crippen LogP contribution is 2.32. The van der Waals surface area contributed by atoms with Crippen LogP contribution in [-0.4, -0.2) is 40.7 Å². The number of ether oxygens (including phenoxy) is 3. The number of hydrogen-bond donors (Lipinski definition) is 1. The van der Waals surface area contributed by atoms with Gasteiger partial charge in [-0.25, -0.2) is 5.10 Å². The van der Waals surface area contributed by atoms with Crippen molar-refractivity contribution in [1.29, 1.82) is 0 Å². The first-order chi connectivity index (χ1) is 11.7. The number of oxazole rings is 1. The molecule has 24 heavy (non-hydrogen) atoms. The van der Waals surface area contributed by atoms with E-state index in [1.807, 2.05) is 6.92 Å². The van der Waals surface area contributed by atoms with E-state index in [2.05, 4.69) is 20.1 Å². The summed E-state index contributed by atoms with van der Waals surface area (Å²) in [5, 5.41) is 6.22. The first-order valence-corrected chi connectivity index (χ1v) is 7.91. The van der Waals surface area contributed by atoms with E-state index < -0.39 is 6.29 Å². The van der Waals surface area contributed by atoms with Crippen LogP contribution in [0.2, 0.25) is 0 Å². The topological polar surface area (TPSA) is 103 Å². The first kappa shape index (κ1) is 15.2. The first-order valence-electron chi connectivity index (χ1n) is 7.91. The number of anilines is 1. The van der Waals surface area contributed by atoms with Crippen molar-refractivity contribution in [2.45, 2.75) is 38.4 Å². The van der Waals surface area contributed by atoms with E-state index in [0.717, 1.165) is 25.9 Å². The molecular weight excluding hydrogens is 316 g/mol. The number of H-pyrrole nitrogens is 1. The molecule has 1 N–H and O–H groups in total. The molecule has 2 fully saturated rings. The number of nitrogens with zero attached hydrogens (tertiary/aromatic N) is 3. The van der Waals surface area contributed by atoms with Crippen LogP contribution in [0, 0.1) is 0 Å². The van der Waals surface area contributed by atoms with Crippen molar-refractivity contribution in [1.82, 2.24) is 15.2 Å². The Morgan fingerprint density at radius 2 is 2.08 bits per heavy atom. The highest BCUT2D eigenvalue weighted by atomic mass is 16.9. The third-order valence-electron chi connectivity index (χ3n) is 4.04. The van der Waals surface area contributed by atoms with Crippen LogP contribution < -0.4 is 15.2 Å². The van der Waals surface area contributed by atoms with Gasteiger partial charge in [0.05, 0.1) is 0 Å². The van der Waals surface area contributed by atoms with Crippen molar-refractivity contribution in [2.75, 3.05) is 18.0 Å². The van der Waals surface area contributed by atoms with Gasteiger partial charge in [-0.15, -0.1) is 5.10 Å². The number of rotatable bonds is 4. The van der Waals surface area contributed by atoms with Gasteiger partial charge in [0.25, 0.3) is 11.6 Å². The van der Waals surface area contributed by atoms with Crippen LogP contribution in [-0.2, 0) is 9.47 Å². The molecule has 9 heteroatoms. The Hall–Kier alpha value is -2.39. The van der Waals surface area contributed by atoms with E-state index in [-0.39, 0.29) is 18.0 Å². The molecule has 128 valence electrons. The molecule has 9 nitrogen and oxygen atoms in total. The molecule has 2 aliphatic rings. The summed E-state index contributed by atoms with van der Waals surface area (Å²) < 4.78 is 22.1. The van der Waals surface area contributed by atoms with Crippen LogP contribution >= 0.6 is 0 Å². The van der Waals surface area contributed by atoms with Gasteiger partial charge in [-0.3, -0.25) is 4.79 Å². The smallest absolute Gasteiger partial charge is 0.297 e. The summed E-state index contributed by atoms with van der Waals surface area (Å²) in [5.41, 5.74) is 0.407. The molecule has 0 bridgehead atoms. The van der Waals surface area contributed by atoms with Gasteiger partial charge in [0.2, 0.25) is 12.2 Å². The Kier molecular flexibility index (Phi) is 3.95. The molecule has 0 atom stereocenters. The Labute approximate surface area is 137 Å². The molecule has 0 aliphatic carbocycles. The van der Waals surface area contributed by atoms with Gasteiger partial charge in [0.1, 0.15) is 18.1 Å². The van der Waals surface area contributed by atoms with Crippen molar-refractivity contribution in [3.05, 3.63) is 34.4 Å². The zero-order valence-electron chi connectivity index (χ0n) is 13.2. The molecule has 2 aromatic rings. The summed E-state index contributed by atoms with van der Waals surface area (Å²) in [4.78, 5) is 17.5. The van der Waals surface area contributed by atoms with Crippen molar-refractivity contribution in [3.63, 3.8) is 0 Å². The molecule has 0 radical (unpaired) electrons. The van der Waals surface area contributed by atoms with Gasteiger partial charge in [-0.05, 0) is 6.92 Å². The molecule has 4 heterocycles. The molecule has 0 aromatic carbocycles. The summed E-state index contributed by atoms with van der Waals surface area (Å²) in [6.45, 7) is 3.35. The Morgan fingerprint density at radius 3 is 2.75 bits per heavy atom. The van der Waals surface area contributed by atoms with Crippen LogP contribution in [0.25, 0.3) is 0 Å². The lowest BCUT2D eigenvalue weighted by molar-refractivity contribution is -0.383. The fourth-order valence-electron chi connectivity index (χ4n) is 2.76. The van der Waals surface area contributed by atoms with Gasteiger partial charge in [0.15, 0.2) is 6.29 Å². The average Bonchev–Trinajstić information content (AvgIpc) is 3.04. The zero-order valence-corrected chi connectivity index (χ0v) is 13.2. The van der Waals surface area contributed by atoms with Gasteiger partial charge in [-0.1, -0.05) is 0 Å². The quantitative estimate of drug-likeness (QED) is 0.889. The number of aromatic nitrogens is 3. The summed E-state index contributed by atoms with van der Waals surface area (Å²) in [7, 11) is 0. The summed E-state index contributed by atoms with van der Waals surface area (Å²) in [6.07, 6.45) is 2.62. The molecule has 0 spiro atoms. The van der Waals surface area contributed by atoms with Gasteiger partial charge in [-0.2, -0.15) is 4.98 Å². The van der Waals surface area contributed by atoms with Crippen LogP contribution in [0.15, 0.2) is 27.6 Å². The summed E-state index contributed by atoms with van der Waals surface area (Å²) in [6, 6.07) is 3.54. The molecule has 0 amide bonds. The fraction of sp³-hybridized carbons (Fsp3) is 0.533. The zero-order chi connectivity index (χ0) is 16.5. The van der Waals surface area contributed by atoms with Gasteiger partial charge < -0.3 is 23.5 Å². The minimum atomic E-state index is -0.426. The average molecular weight is 334 g/mol. The predicted octanol–water partition coefficient (Wildman–Crippen LogP) is 1.20. The van der Waals surface area contributed by atoms with E-state index in [1.165, 1.54) is 6.07 Å². The van der Waals surface area contributed by atoms with Crippen molar-refractivity contribution >= 4 is 6.01 Å². The third kappa shape index (κ3) is 3.13. The lowest BCUT2D eigenvalue weighted by atomic mass is 10.1. The maximum absolute atomic E-state index is 11.0. The van der Waals surface area contributed by atoms with E-state index in [1.54, 1.807) is 12.3 Å². The normalized spacial score (nSPS) is 24.6. The number of piperidine rings is 1. The maximum atomic E-state index is 11.0. The second-order valence-corrected chi connectivity index (χ2v) is 5.79. The standard InChI is InChI=1S/C15H18N4O5/c1-9-22-14(23-9)11-8-21-15(16-11)19-6-4-10(5-7-19)24-13-3-2-12(20)17-18-13/h2-3,8-10,14H,4-7H2,1H3,(H,17,20). The van der Waals surface area contributed by atoms with Crippen LogP contribution in [0.1, 0.15) is 31.7 Å². The SMILES string of the molecule is CC1OC(c2coc(N3CCC(Oc4ccc(=O)[nH]n4)CC3)n2)O1. The molecule has 0 saturated carbocycles. The van der Waals surface area contributed by atoms with Gasteiger partial charge >= 0.3 is 0 Å². The predicted molar refractivity (Wildman–Crippen MR) is 81.6 cm³/mol. The van der Waals surface area contributed by atoms with Crippen LogP contribution in [0.5, 0.6) is 5.88 Å². The number of nitrogens with one attached hydrogen (secondary N) is 1. The van der Waals surface area contributed by atoms with Crippen molar-refractivity contribution < 1.29 is 18.6 Å². The number of aromatic amines is 1. The fourth-order valence-corrected chi connectivity index (χ4v) is 2.76. The summed E-state index contributed by atoms with van der Waals surface area (Å²) >= 11 is 0. The van der Waals surface area contributed by atoms with E-state index in [4.69, 9.17) is 18.6 Å². The molecular formula is C15H18N4O5. The monoisotopic (exact) mass is 334 g/mol. The van der Waals surface area contributed by atoms with Gasteiger partial charge in [0, 0.05) is 38.1 Å². The molecule has 2 aromatic heterocycles. The van der Waals surface area contributed by atoms with E-state index in [9.17, 15) is 4.79 Å². The second kappa shape index (κ2) is 6.25. The molecule has 4 rings (SSSR count). The molecule has 2 aliphatic heterocycles. The molecule has 0 unspecified atom stereocenters. The van der Waals surface area contributed by atoms with Crippen molar-refractivity contribution in [2.24, 2.45) is 0 Å². The molecule has 2 saturated heterocycles. The van der Waals surface area contributed by atoms with Crippen LogP contribution in [0.3, 0.4) is 0 Å². The highest BCUT2D eigenvalue weighted by molar-refractivity contribution is 5.28. The Balaban J connectivity index is 1.31. The highest BCUT2D eigenvalue weighted by Gasteiger charge is 2.32. The third-order valence-corrected chi connectivity index (χ3v) is 4.04. The van der Waals surface area contributed by atoms with Crippen molar-refractivity contribution in [3.8, 4) is 5.88 Å². The van der Waals surface area contributed by atoms with Crippen LogP contribution in [0.4, 0.5) is 6.01 Å². The number of hydrogen-bond acceptors (Lipinski definition) is 8. The lowest BCUT2D eigenvalue weighted by Crippen LogP contribution is -2.38. The van der Waals surface area contributed by atoms with E-state index >= 15 is 0 Å². The summed E-state index contributed by atoms with van der Waals surface area (Å²) in [5.74, 6) is 0.430.